The Labute approximate surface area is 138 Å². The lowest BCUT2D eigenvalue weighted by molar-refractivity contribution is 0.127. The van der Waals surface area contributed by atoms with Crippen molar-refractivity contribution in [1.82, 2.24) is 4.90 Å². The summed E-state index contributed by atoms with van der Waals surface area (Å²) in [6.45, 7) is 2.20. The molecule has 1 saturated heterocycles. The molecule has 2 aromatic rings. The van der Waals surface area contributed by atoms with Gasteiger partial charge in [0.05, 0.1) is 13.3 Å². The predicted octanol–water partition coefficient (Wildman–Crippen LogP) is 3.85. The number of anilines is 1. The van der Waals surface area contributed by atoms with E-state index in [0.717, 1.165) is 12.3 Å². The first kappa shape index (κ1) is 14.6. The second-order valence-corrected chi connectivity index (χ2v) is 6.65. The molecule has 120 valence electrons. The molecule has 23 heavy (non-hydrogen) atoms. The van der Waals surface area contributed by atoms with Crippen molar-refractivity contribution in [1.29, 1.82) is 0 Å². The zero-order valence-corrected chi connectivity index (χ0v) is 13.9. The highest BCUT2D eigenvalue weighted by atomic mass is 16.5. The topological polar surface area (TPSA) is 15.7 Å². The Morgan fingerprint density at radius 1 is 1.13 bits per heavy atom. The largest absolute Gasteiger partial charge is 0.497 e. The van der Waals surface area contributed by atoms with Crippen LogP contribution in [0.3, 0.4) is 0 Å². The fraction of sp³-hybridized carbons (Fsp3) is 0.400. The van der Waals surface area contributed by atoms with E-state index < -0.39 is 0 Å². The van der Waals surface area contributed by atoms with Gasteiger partial charge in [0.25, 0.3) is 0 Å². The van der Waals surface area contributed by atoms with Gasteiger partial charge in [0.1, 0.15) is 5.75 Å². The van der Waals surface area contributed by atoms with E-state index in [9.17, 15) is 0 Å². The van der Waals surface area contributed by atoms with Crippen molar-refractivity contribution >= 4 is 5.69 Å². The molecule has 2 aliphatic heterocycles. The van der Waals surface area contributed by atoms with Crippen LogP contribution in [0.25, 0.3) is 0 Å². The molecule has 0 aromatic heterocycles. The highest BCUT2D eigenvalue weighted by molar-refractivity contribution is 5.63. The Hall–Kier alpha value is -2.00. The molecular weight excluding hydrogens is 284 g/mol. The molecule has 2 aromatic carbocycles. The third-order valence-electron chi connectivity index (χ3n) is 5.33. The summed E-state index contributed by atoms with van der Waals surface area (Å²) >= 11 is 0. The van der Waals surface area contributed by atoms with Crippen LogP contribution in [-0.2, 0) is 6.54 Å². The average molecular weight is 308 g/mol. The van der Waals surface area contributed by atoms with E-state index in [0.29, 0.717) is 12.1 Å². The highest BCUT2D eigenvalue weighted by Gasteiger charge is 2.42. The van der Waals surface area contributed by atoms with Gasteiger partial charge in [0.15, 0.2) is 0 Å². The average Bonchev–Trinajstić information content (AvgIpc) is 2.89. The number of piperidine rings is 1. The normalized spacial score (nSPS) is 23.5. The number of nitrogens with zero attached hydrogens (tertiary/aromatic N) is 2. The lowest BCUT2D eigenvalue weighted by Gasteiger charge is -2.41. The Morgan fingerprint density at radius 3 is 2.74 bits per heavy atom. The minimum absolute atomic E-state index is 0.464. The third kappa shape index (κ3) is 2.49. The smallest absolute Gasteiger partial charge is 0.119 e. The number of rotatable bonds is 3. The van der Waals surface area contributed by atoms with E-state index >= 15 is 0 Å². The summed E-state index contributed by atoms with van der Waals surface area (Å²) in [6.07, 6.45) is 2.99. The standard InChI is InChI=1S/C20H24N2O/c1-21-19-11-10-16(23-2)13-18(19)17-9-6-12-22(20(17)21)14-15-7-4-3-5-8-15/h3-5,7-8,10-11,13,17,20H,6,9,12,14H2,1-2H3. The van der Waals surface area contributed by atoms with Crippen LogP contribution in [0.4, 0.5) is 5.69 Å². The molecule has 0 spiro atoms. The summed E-state index contributed by atoms with van der Waals surface area (Å²) in [7, 11) is 3.99. The highest BCUT2D eigenvalue weighted by Crippen LogP contribution is 2.47. The van der Waals surface area contributed by atoms with Gasteiger partial charge in [-0.15, -0.1) is 0 Å². The predicted molar refractivity (Wildman–Crippen MR) is 94.0 cm³/mol. The molecule has 2 unspecified atom stereocenters. The van der Waals surface area contributed by atoms with Gasteiger partial charge in [0.2, 0.25) is 0 Å². The van der Waals surface area contributed by atoms with Gasteiger partial charge in [-0.3, -0.25) is 4.90 Å². The fourth-order valence-corrected chi connectivity index (χ4v) is 4.29. The molecule has 0 bridgehead atoms. The Morgan fingerprint density at radius 2 is 1.96 bits per heavy atom. The summed E-state index contributed by atoms with van der Waals surface area (Å²) < 4.78 is 5.44. The number of methoxy groups -OCH3 is 1. The van der Waals surface area contributed by atoms with Crippen LogP contribution < -0.4 is 9.64 Å². The van der Waals surface area contributed by atoms with Gasteiger partial charge in [-0.2, -0.15) is 0 Å². The summed E-state index contributed by atoms with van der Waals surface area (Å²) in [5.41, 5.74) is 4.21. The number of hydrogen-bond acceptors (Lipinski definition) is 3. The summed E-state index contributed by atoms with van der Waals surface area (Å²) in [6, 6.07) is 17.4. The quantitative estimate of drug-likeness (QED) is 0.856. The van der Waals surface area contributed by atoms with Gasteiger partial charge < -0.3 is 9.64 Å². The molecule has 0 N–H and O–H groups in total. The summed E-state index contributed by atoms with van der Waals surface area (Å²) in [5.74, 6) is 1.56. The number of benzene rings is 2. The Bertz CT molecular complexity index is 685. The molecule has 2 heterocycles. The molecule has 3 nitrogen and oxygen atoms in total. The van der Waals surface area contributed by atoms with E-state index in [1.807, 2.05) is 0 Å². The lowest BCUT2D eigenvalue weighted by Crippen LogP contribution is -2.49. The van der Waals surface area contributed by atoms with E-state index in [-0.39, 0.29) is 0 Å². The first-order valence-electron chi connectivity index (χ1n) is 8.46. The van der Waals surface area contributed by atoms with Crippen LogP contribution in [0.1, 0.15) is 29.9 Å². The maximum atomic E-state index is 5.44. The first-order valence-corrected chi connectivity index (χ1v) is 8.46. The van der Waals surface area contributed by atoms with Crippen molar-refractivity contribution in [2.45, 2.75) is 31.5 Å². The van der Waals surface area contributed by atoms with Crippen LogP contribution in [0.15, 0.2) is 48.5 Å². The van der Waals surface area contributed by atoms with Gasteiger partial charge >= 0.3 is 0 Å². The summed E-state index contributed by atoms with van der Waals surface area (Å²) in [5, 5.41) is 0. The van der Waals surface area contributed by atoms with Gasteiger partial charge in [0, 0.05) is 31.7 Å². The third-order valence-corrected chi connectivity index (χ3v) is 5.33. The van der Waals surface area contributed by atoms with Gasteiger partial charge in [-0.25, -0.2) is 0 Å². The van der Waals surface area contributed by atoms with Crippen molar-refractivity contribution in [3.05, 3.63) is 59.7 Å². The van der Waals surface area contributed by atoms with Crippen LogP contribution >= 0.6 is 0 Å². The molecule has 0 aliphatic carbocycles. The monoisotopic (exact) mass is 308 g/mol. The molecule has 2 atom stereocenters. The van der Waals surface area contributed by atoms with Crippen LogP contribution in [0.5, 0.6) is 5.75 Å². The minimum atomic E-state index is 0.464. The molecule has 3 heteroatoms. The number of likely N-dealkylation sites (tertiary alicyclic amines) is 1. The van der Waals surface area contributed by atoms with E-state index in [1.165, 1.54) is 36.2 Å². The van der Waals surface area contributed by atoms with Crippen LogP contribution in [0.2, 0.25) is 0 Å². The number of fused-ring (bicyclic) bond motifs is 3. The molecule has 1 fully saturated rings. The van der Waals surface area contributed by atoms with Crippen molar-refractivity contribution in [3.8, 4) is 5.75 Å². The van der Waals surface area contributed by atoms with Gasteiger partial charge in [-0.1, -0.05) is 30.3 Å². The Balaban J connectivity index is 1.64. The maximum absolute atomic E-state index is 5.44. The van der Waals surface area contributed by atoms with Crippen molar-refractivity contribution in [2.24, 2.45) is 0 Å². The first-order chi connectivity index (χ1) is 11.3. The molecule has 2 aliphatic rings. The zero-order valence-electron chi connectivity index (χ0n) is 13.9. The second-order valence-electron chi connectivity index (χ2n) is 6.65. The molecule has 0 amide bonds. The zero-order chi connectivity index (χ0) is 15.8. The van der Waals surface area contributed by atoms with E-state index in [4.69, 9.17) is 4.74 Å². The second kappa shape index (κ2) is 5.89. The van der Waals surface area contributed by atoms with Crippen LogP contribution in [0, 0.1) is 0 Å². The minimum Gasteiger partial charge on any atom is -0.497 e. The summed E-state index contributed by atoms with van der Waals surface area (Å²) in [4.78, 5) is 5.09. The van der Waals surface area contributed by atoms with E-state index in [2.05, 4.69) is 65.4 Å². The van der Waals surface area contributed by atoms with Crippen molar-refractivity contribution < 1.29 is 4.74 Å². The number of likely N-dealkylation sites (N-methyl/N-ethyl adjacent to an activating group) is 1. The number of ether oxygens (including phenoxy) is 1. The SMILES string of the molecule is COc1ccc2c(c1)C1CCCN(Cc3ccccc3)C1N2C. The Kier molecular flexibility index (Phi) is 3.74. The van der Waals surface area contributed by atoms with Crippen molar-refractivity contribution in [2.75, 3.05) is 25.6 Å². The molecule has 0 saturated carbocycles. The van der Waals surface area contributed by atoms with Gasteiger partial charge in [-0.05, 0) is 42.2 Å². The molecule has 0 radical (unpaired) electrons. The molecule has 4 rings (SSSR count). The maximum Gasteiger partial charge on any atom is 0.119 e. The lowest BCUT2D eigenvalue weighted by atomic mass is 9.89. The van der Waals surface area contributed by atoms with Crippen LogP contribution in [-0.4, -0.2) is 31.8 Å². The fourth-order valence-electron chi connectivity index (χ4n) is 4.29. The van der Waals surface area contributed by atoms with Crippen molar-refractivity contribution in [3.63, 3.8) is 0 Å². The van der Waals surface area contributed by atoms with E-state index in [1.54, 1.807) is 7.11 Å². The molecular formula is C20H24N2O. The number of hydrogen-bond donors (Lipinski definition) is 0.